The first-order valence-corrected chi connectivity index (χ1v) is 15.4. The monoisotopic (exact) mass is 566 g/mol. The lowest BCUT2D eigenvalue weighted by molar-refractivity contribution is -0.317. The molecule has 1 heterocycles. The molecule has 0 aromatic carbocycles. The number of carbonyl (C=O) groups is 1. The van der Waals surface area contributed by atoms with E-state index in [0.29, 0.717) is 11.8 Å². The largest absolute Gasteiger partial charge is 0.460 e. The second kappa shape index (κ2) is 11.2. The van der Waals surface area contributed by atoms with Crippen LogP contribution in [0.25, 0.3) is 0 Å². The summed E-state index contributed by atoms with van der Waals surface area (Å²) in [6.07, 6.45) is 5.02. The van der Waals surface area contributed by atoms with E-state index in [1.54, 1.807) is 6.08 Å². The number of fused-ring (bicyclic) bond motifs is 5. The van der Waals surface area contributed by atoms with Crippen molar-refractivity contribution in [1.82, 2.24) is 0 Å². The third-order valence-electron chi connectivity index (χ3n) is 11.9. The SMILES string of the molecule is CC(C)OC(=O)/C=C/[C@H]1CC[C@@]2(O)[C@@H]3CC[C@H]4C[C@@H](O[C@@H]5O[C@H](CO)[C@@H](O)[C@H](O)[C@H]5O)CC[C@]4(C)[C@H]3CC[C@]12C. The van der Waals surface area contributed by atoms with Crippen LogP contribution in [-0.4, -0.2) is 86.6 Å². The Morgan fingerprint density at radius 1 is 0.975 bits per heavy atom. The predicted molar refractivity (Wildman–Crippen MR) is 146 cm³/mol. The maximum atomic E-state index is 12.4. The first-order valence-electron chi connectivity index (χ1n) is 15.4. The molecule has 0 spiro atoms. The molecule has 4 aliphatic carbocycles. The molecule has 0 aromatic heterocycles. The van der Waals surface area contributed by atoms with Gasteiger partial charge in [0.05, 0.1) is 24.4 Å². The van der Waals surface area contributed by atoms with E-state index in [1.165, 1.54) is 0 Å². The number of esters is 1. The Morgan fingerprint density at radius 2 is 1.73 bits per heavy atom. The minimum Gasteiger partial charge on any atom is -0.460 e. The third-order valence-corrected chi connectivity index (χ3v) is 11.9. The molecular formula is C31H50O9. The standard InChI is InChI=1S/C31H50O9/c1-17(2)38-24(33)8-6-18-9-14-31(37)22-7-5-19-15-20(10-12-29(19,3)21(22)11-13-30(18,31)4)39-28-27(36)26(35)25(34)23(16-32)40-28/h6,8,17-23,25-28,32,34-37H,5,7,9-16H2,1-4H3/b8-6+/t18-,19-,20-,21-,22+,23+,25+,26-,27+,28+,29-,30+,31+/m0/s1. The van der Waals surface area contributed by atoms with Gasteiger partial charge < -0.3 is 39.7 Å². The molecule has 1 aliphatic heterocycles. The quantitative estimate of drug-likeness (QED) is 0.186. The summed E-state index contributed by atoms with van der Waals surface area (Å²) in [5.41, 5.74) is -0.954. The maximum absolute atomic E-state index is 12.4. The number of aliphatic hydroxyl groups excluding tert-OH is 4. The number of ether oxygens (including phenoxy) is 3. The van der Waals surface area contributed by atoms with Crippen molar-refractivity contribution < 1.29 is 44.5 Å². The zero-order chi connectivity index (χ0) is 29.0. The number of carbonyl (C=O) groups excluding carboxylic acids is 1. The van der Waals surface area contributed by atoms with Gasteiger partial charge in [-0.1, -0.05) is 19.9 Å². The summed E-state index contributed by atoms with van der Waals surface area (Å²) in [7, 11) is 0. The van der Waals surface area contributed by atoms with Gasteiger partial charge in [0, 0.05) is 11.5 Å². The Labute approximate surface area is 237 Å². The number of aliphatic hydroxyl groups is 5. The van der Waals surface area contributed by atoms with E-state index in [0.717, 1.165) is 57.8 Å². The number of hydrogen-bond donors (Lipinski definition) is 5. The molecule has 4 saturated carbocycles. The first-order chi connectivity index (χ1) is 18.8. The van der Waals surface area contributed by atoms with Crippen LogP contribution in [0.15, 0.2) is 12.2 Å². The number of allylic oxidation sites excluding steroid dienone is 1. The highest BCUT2D eigenvalue weighted by Crippen LogP contribution is 2.69. The van der Waals surface area contributed by atoms with Crippen LogP contribution >= 0.6 is 0 Å². The lowest BCUT2D eigenvalue weighted by atomic mass is 9.43. The zero-order valence-electron chi connectivity index (χ0n) is 24.4. The zero-order valence-corrected chi connectivity index (χ0v) is 24.4. The molecule has 5 N–H and O–H groups in total. The van der Waals surface area contributed by atoms with Gasteiger partial charge in [0.15, 0.2) is 6.29 Å². The third kappa shape index (κ3) is 4.97. The van der Waals surface area contributed by atoms with E-state index in [9.17, 15) is 30.3 Å². The highest BCUT2D eigenvalue weighted by molar-refractivity contribution is 5.82. The summed E-state index contributed by atoms with van der Waals surface area (Å²) in [5, 5.41) is 52.6. The topological polar surface area (TPSA) is 146 Å². The second-order valence-corrected chi connectivity index (χ2v) is 14.1. The van der Waals surface area contributed by atoms with E-state index in [2.05, 4.69) is 13.8 Å². The van der Waals surface area contributed by atoms with Gasteiger partial charge in [-0.15, -0.1) is 0 Å². The van der Waals surface area contributed by atoms with Crippen molar-refractivity contribution in [3.05, 3.63) is 12.2 Å². The van der Waals surface area contributed by atoms with E-state index in [1.807, 2.05) is 19.9 Å². The summed E-state index contributed by atoms with van der Waals surface area (Å²) in [4.78, 5) is 12.2. The van der Waals surface area contributed by atoms with Gasteiger partial charge >= 0.3 is 5.97 Å². The van der Waals surface area contributed by atoms with Gasteiger partial charge in [0.25, 0.3) is 0 Å². The molecule has 0 unspecified atom stereocenters. The Morgan fingerprint density at radius 3 is 2.42 bits per heavy atom. The Hall–Kier alpha value is -1.07. The number of hydrogen-bond acceptors (Lipinski definition) is 9. The van der Waals surface area contributed by atoms with Crippen molar-refractivity contribution in [2.45, 2.75) is 134 Å². The van der Waals surface area contributed by atoms with Crippen LogP contribution in [0.5, 0.6) is 0 Å². The van der Waals surface area contributed by atoms with Crippen LogP contribution < -0.4 is 0 Å². The molecule has 5 fully saturated rings. The Balaban J connectivity index is 1.25. The Bertz CT molecular complexity index is 953. The highest BCUT2D eigenvalue weighted by Gasteiger charge is 2.66. The summed E-state index contributed by atoms with van der Waals surface area (Å²) in [5.74, 6) is 0.862. The molecule has 5 rings (SSSR count). The van der Waals surface area contributed by atoms with Crippen molar-refractivity contribution >= 4 is 5.97 Å². The van der Waals surface area contributed by atoms with Crippen LogP contribution in [0, 0.1) is 34.5 Å². The van der Waals surface area contributed by atoms with Crippen molar-refractivity contribution in [2.24, 2.45) is 34.5 Å². The molecule has 5 aliphatic rings. The van der Waals surface area contributed by atoms with Crippen molar-refractivity contribution in [3.8, 4) is 0 Å². The first kappa shape index (κ1) is 30.4. The fourth-order valence-corrected chi connectivity index (χ4v) is 9.50. The normalized spacial score (nSPS) is 50.9. The van der Waals surface area contributed by atoms with Gasteiger partial charge in [-0.25, -0.2) is 4.79 Å². The average Bonchev–Trinajstić information content (AvgIpc) is 3.17. The molecule has 13 atom stereocenters. The predicted octanol–water partition coefficient (Wildman–Crippen LogP) is 2.45. The lowest BCUT2D eigenvalue weighted by Gasteiger charge is -2.63. The molecule has 0 radical (unpaired) electrons. The molecular weight excluding hydrogens is 516 g/mol. The summed E-state index contributed by atoms with van der Waals surface area (Å²) >= 11 is 0. The smallest absolute Gasteiger partial charge is 0.330 e. The van der Waals surface area contributed by atoms with E-state index in [-0.39, 0.29) is 40.8 Å². The van der Waals surface area contributed by atoms with Crippen molar-refractivity contribution in [1.29, 1.82) is 0 Å². The van der Waals surface area contributed by atoms with Gasteiger partial charge in [-0.3, -0.25) is 0 Å². The molecule has 0 aromatic rings. The van der Waals surface area contributed by atoms with Crippen LogP contribution in [0.3, 0.4) is 0 Å². The van der Waals surface area contributed by atoms with Crippen LogP contribution in [0.1, 0.15) is 85.5 Å². The van der Waals surface area contributed by atoms with Crippen LogP contribution in [0.2, 0.25) is 0 Å². The van der Waals surface area contributed by atoms with E-state index in [4.69, 9.17) is 14.2 Å². The minimum atomic E-state index is -1.44. The molecule has 0 amide bonds. The summed E-state index contributed by atoms with van der Waals surface area (Å²) in [6.45, 7) is 7.82. The molecule has 1 saturated heterocycles. The highest BCUT2D eigenvalue weighted by atomic mass is 16.7. The lowest BCUT2D eigenvalue weighted by Crippen LogP contribution is -2.62. The van der Waals surface area contributed by atoms with Crippen molar-refractivity contribution in [3.63, 3.8) is 0 Å². The van der Waals surface area contributed by atoms with Gasteiger partial charge in [-0.05, 0) is 101 Å². The molecule has 9 heteroatoms. The fourth-order valence-electron chi connectivity index (χ4n) is 9.50. The molecule has 40 heavy (non-hydrogen) atoms. The van der Waals surface area contributed by atoms with Gasteiger partial charge in [0.2, 0.25) is 0 Å². The van der Waals surface area contributed by atoms with Crippen molar-refractivity contribution in [2.75, 3.05) is 6.61 Å². The average molecular weight is 567 g/mol. The van der Waals surface area contributed by atoms with Gasteiger partial charge in [-0.2, -0.15) is 0 Å². The Kier molecular flexibility index (Phi) is 8.52. The van der Waals surface area contributed by atoms with E-state index >= 15 is 0 Å². The van der Waals surface area contributed by atoms with Gasteiger partial charge in [0.1, 0.15) is 24.4 Å². The second-order valence-electron chi connectivity index (χ2n) is 14.1. The van der Waals surface area contributed by atoms with Crippen LogP contribution in [-0.2, 0) is 19.0 Å². The minimum absolute atomic E-state index is 0.0736. The molecule has 0 bridgehead atoms. The maximum Gasteiger partial charge on any atom is 0.330 e. The number of rotatable bonds is 6. The molecule has 9 nitrogen and oxygen atoms in total. The molecule has 228 valence electrons. The van der Waals surface area contributed by atoms with E-state index < -0.39 is 42.9 Å². The summed E-state index contributed by atoms with van der Waals surface area (Å²) < 4.78 is 17.1. The summed E-state index contributed by atoms with van der Waals surface area (Å²) in [6, 6.07) is 0. The fraction of sp³-hybridized carbons (Fsp3) is 0.903. The van der Waals surface area contributed by atoms with Crippen LogP contribution in [0.4, 0.5) is 0 Å².